The van der Waals surface area contributed by atoms with Gasteiger partial charge in [0.15, 0.2) is 0 Å². The van der Waals surface area contributed by atoms with Crippen LogP contribution in [0, 0.1) is 0 Å². The van der Waals surface area contributed by atoms with E-state index < -0.39 is 16.7 Å². The molecule has 2 heterocycles. The van der Waals surface area contributed by atoms with Gasteiger partial charge >= 0.3 is 0 Å². The highest BCUT2D eigenvalue weighted by molar-refractivity contribution is 7.85. The Morgan fingerprint density at radius 1 is 1.39 bits per heavy atom. The first-order valence-electron chi connectivity index (χ1n) is 9.03. The molecule has 1 aromatic carbocycles. The van der Waals surface area contributed by atoms with Crippen molar-refractivity contribution in [1.82, 2.24) is 9.97 Å². The Morgan fingerprint density at radius 3 is 2.93 bits per heavy atom. The zero-order valence-electron chi connectivity index (χ0n) is 15.4. The van der Waals surface area contributed by atoms with Crippen molar-refractivity contribution >= 4 is 39.8 Å². The predicted octanol–water partition coefficient (Wildman–Crippen LogP) is 1.44. The SMILES string of the molecule is CS(=O)C1CNc2cc(Nc3ncc(C(N)=O)c(NC4CC4)n3)ccc2OC1. The molecule has 5 N–H and O–H groups in total. The van der Waals surface area contributed by atoms with Gasteiger partial charge in [0.05, 0.1) is 16.5 Å². The number of ether oxygens (including phenoxy) is 1. The van der Waals surface area contributed by atoms with Crippen molar-refractivity contribution in [2.24, 2.45) is 5.73 Å². The second-order valence-electron chi connectivity index (χ2n) is 6.89. The molecule has 1 fully saturated rings. The number of hydrogen-bond acceptors (Lipinski definition) is 8. The number of carbonyl (C=O) groups is 1. The summed E-state index contributed by atoms with van der Waals surface area (Å²) in [5, 5.41) is 9.57. The molecule has 0 saturated heterocycles. The molecule has 2 unspecified atom stereocenters. The average molecular weight is 402 g/mol. The molecule has 1 aliphatic heterocycles. The lowest BCUT2D eigenvalue weighted by Gasteiger charge is -2.13. The van der Waals surface area contributed by atoms with E-state index in [1.54, 1.807) is 6.26 Å². The normalized spacial score (nSPS) is 19.4. The number of fused-ring (bicyclic) bond motifs is 1. The number of benzene rings is 1. The minimum Gasteiger partial charge on any atom is -0.490 e. The van der Waals surface area contributed by atoms with Crippen molar-refractivity contribution in [3.8, 4) is 5.75 Å². The van der Waals surface area contributed by atoms with Gasteiger partial charge in [-0.25, -0.2) is 4.98 Å². The van der Waals surface area contributed by atoms with Crippen LogP contribution in [0.1, 0.15) is 23.2 Å². The molecular weight excluding hydrogens is 380 g/mol. The topological polar surface area (TPSA) is 131 Å². The highest BCUT2D eigenvalue weighted by atomic mass is 32.2. The summed E-state index contributed by atoms with van der Waals surface area (Å²) in [4.78, 5) is 20.2. The van der Waals surface area contributed by atoms with Crippen LogP contribution in [0.25, 0.3) is 0 Å². The lowest BCUT2D eigenvalue weighted by atomic mass is 10.2. The fourth-order valence-corrected chi connectivity index (χ4v) is 3.41. The van der Waals surface area contributed by atoms with Crippen molar-refractivity contribution < 1.29 is 13.7 Å². The summed E-state index contributed by atoms with van der Waals surface area (Å²) in [7, 11) is -0.965. The Morgan fingerprint density at radius 2 is 2.21 bits per heavy atom. The number of aromatic nitrogens is 2. The molecule has 2 aliphatic rings. The monoisotopic (exact) mass is 402 g/mol. The smallest absolute Gasteiger partial charge is 0.254 e. The zero-order chi connectivity index (χ0) is 19.7. The van der Waals surface area contributed by atoms with Crippen LogP contribution in [0.5, 0.6) is 5.75 Å². The van der Waals surface area contributed by atoms with E-state index in [0.29, 0.717) is 36.7 Å². The van der Waals surface area contributed by atoms with E-state index in [4.69, 9.17) is 10.5 Å². The van der Waals surface area contributed by atoms with E-state index in [2.05, 4.69) is 25.9 Å². The summed E-state index contributed by atoms with van der Waals surface area (Å²) in [6.45, 7) is 0.975. The molecule has 1 aliphatic carbocycles. The highest BCUT2D eigenvalue weighted by Crippen LogP contribution is 2.32. The van der Waals surface area contributed by atoms with Crippen molar-refractivity contribution in [3.63, 3.8) is 0 Å². The van der Waals surface area contributed by atoms with Gasteiger partial charge < -0.3 is 26.4 Å². The molecule has 28 heavy (non-hydrogen) atoms. The summed E-state index contributed by atoms with van der Waals surface area (Å²) >= 11 is 0. The zero-order valence-corrected chi connectivity index (χ0v) is 16.2. The van der Waals surface area contributed by atoms with E-state index in [1.165, 1.54) is 6.20 Å². The Hall–Kier alpha value is -2.88. The van der Waals surface area contributed by atoms with Crippen LogP contribution in [-0.2, 0) is 10.8 Å². The number of nitrogens with one attached hydrogen (secondary N) is 3. The maximum absolute atomic E-state index is 11.7. The van der Waals surface area contributed by atoms with Gasteiger partial charge in [-0.2, -0.15) is 4.98 Å². The number of primary amides is 1. The second-order valence-corrected chi connectivity index (χ2v) is 8.55. The second kappa shape index (κ2) is 7.63. The number of rotatable bonds is 6. The van der Waals surface area contributed by atoms with Crippen LogP contribution in [0.2, 0.25) is 0 Å². The number of carbonyl (C=O) groups excluding carboxylic acids is 1. The summed E-state index contributed by atoms with van der Waals surface area (Å²) in [6, 6.07) is 5.90. The Labute approximate surface area is 164 Å². The summed E-state index contributed by atoms with van der Waals surface area (Å²) in [5.41, 5.74) is 7.25. The quantitative estimate of drug-likeness (QED) is 0.571. The van der Waals surface area contributed by atoms with Crippen molar-refractivity contribution in [2.75, 3.05) is 35.4 Å². The molecule has 2 aromatic rings. The van der Waals surface area contributed by atoms with Gasteiger partial charge in [-0.1, -0.05) is 0 Å². The highest BCUT2D eigenvalue weighted by Gasteiger charge is 2.24. The van der Waals surface area contributed by atoms with Crippen molar-refractivity contribution in [3.05, 3.63) is 30.0 Å². The molecule has 9 nitrogen and oxygen atoms in total. The third kappa shape index (κ3) is 4.16. The van der Waals surface area contributed by atoms with E-state index in [-0.39, 0.29) is 10.8 Å². The van der Waals surface area contributed by atoms with Crippen LogP contribution >= 0.6 is 0 Å². The minimum atomic E-state index is -0.965. The van der Waals surface area contributed by atoms with Gasteiger partial charge in [0.25, 0.3) is 5.91 Å². The van der Waals surface area contributed by atoms with Gasteiger partial charge in [0.1, 0.15) is 18.2 Å². The molecule has 10 heteroatoms. The first kappa shape index (κ1) is 18.5. The lowest BCUT2D eigenvalue weighted by molar-refractivity contribution is 0.100. The number of amides is 1. The van der Waals surface area contributed by atoms with Crippen LogP contribution in [0.4, 0.5) is 23.1 Å². The van der Waals surface area contributed by atoms with Crippen LogP contribution in [0.3, 0.4) is 0 Å². The minimum absolute atomic E-state index is 0.0652. The third-order valence-corrected chi connectivity index (χ3v) is 5.86. The van der Waals surface area contributed by atoms with Crippen molar-refractivity contribution in [1.29, 1.82) is 0 Å². The Balaban J connectivity index is 1.53. The number of nitrogens with zero attached hydrogens (tertiary/aromatic N) is 2. The van der Waals surface area contributed by atoms with Gasteiger partial charge in [0.2, 0.25) is 5.95 Å². The number of anilines is 4. The molecule has 1 saturated carbocycles. The van der Waals surface area contributed by atoms with Crippen LogP contribution in [-0.4, -0.2) is 50.8 Å². The fraction of sp³-hybridized carbons (Fsp3) is 0.389. The maximum Gasteiger partial charge on any atom is 0.254 e. The predicted molar refractivity (Wildman–Crippen MR) is 109 cm³/mol. The average Bonchev–Trinajstić information content (AvgIpc) is 3.48. The van der Waals surface area contributed by atoms with E-state index >= 15 is 0 Å². The van der Waals surface area contributed by atoms with Gasteiger partial charge in [-0.15, -0.1) is 0 Å². The van der Waals surface area contributed by atoms with Crippen molar-refractivity contribution in [2.45, 2.75) is 24.1 Å². The maximum atomic E-state index is 11.7. The van der Waals surface area contributed by atoms with Crippen LogP contribution < -0.4 is 26.4 Å². The molecule has 0 spiro atoms. The molecule has 4 rings (SSSR count). The van der Waals surface area contributed by atoms with Crippen LogP contribution in [0.15, 0.2) is 24.4 Å². The first-order chi connectivity index (χ1) is 13.5. The fourth-order valence-electron chi connectivity index (χ4n) is 2.83. The van der Waals surface area contributed by atoms with E-state index in [0.717, 1.165) is 24.2 Å². The largest absolute Gasteiger partial charge is 0.490 e. The molecule has 1 aromatic heterocycles. The van der Waals surface area contributed by atoms with Gasteiger partial charge in [0, 0.05) is 41.5 Å². The molecule has 148 valence electrons. The molecule has 1 amide bonds. The molecule has 2 atom stereocenters. The summed E-state index contributed by atoms with van der Waals surface area (Å²) in [6.07, 6.45) is 5.20. The molecule has 0 bridgehead atoms. The Kier molecular flexibility index (Phi) is 5.03. The summed E-state index contributed by atoms with van der Waals surface area (Å²) < 4.78 is 17.5. The number of hydrogen-bond donors (Lipinski definition) is 4. The lowest BCUT2D eigenvalue weighted by Crippen LogP contribution is -2.28. The van der Waals surface area contributed by atoms with Gasteiger partial charge in [-0.3, -0.25) is 9.00 Å². The third-order valence-electron chi connectivity index (χ3n) is 4.62. The number of nitrogens with two attached hydrogens (primary N) is 1. The van der Waals surface area contributed by atoms with Gasteiger partial charge in [-0.05, 0) is 31.0 Å². The van der Waals surface area contributed by atoms with E-state index in [1.807, 2.05) is 18.2 Å². The molecular formula is C18H22N6O3S. The standard InChI is InChI=1S/C18H22N6O3S/c1-28(26)12-7-20-14-6-11(4-5-15(14)27-9-12)23-18-21-8-13(16(19)25)17(24-18)22-10-2-3-10/h4-6,8,10,12,20H,2-3,7,9H2,1H3,(H2,19,25)(H2,21,22,23,24). The summed E-state index contributed by atoms with van der Waals surface area (Å²) in [5.74, 6) is 0.940. The molecule has 0 radical (unpaired) electrons. The van der Waals surface area contributed by atoms with E-state index in [9.17, 15) is 9.00 Å². The Bertz CT molecular complexity index is 934. The first-order valence-corrected chi connectivity index (χ1v) is 10.6.